The van der Waals surface area contributed by atoms with Gasteiger partial charge in [-0.05, 0) is 61.7 Å². The zero-order chi connectivity index (χ0) is 31.7. The van der Waals surface area contributed by atoms with Gasteiger partial charge in [-0.3, -0.25) is 14.8 Å². The molecule has 47 heavy (non-hydrogen) atoms. The number of rotatable bonds is 13. The molecule has 2 fully saturated rings. The highest BCUT2D eigenvalue weighted by Gasteiger charge is 2.20. The van der Waals surface area contributed by atoms with Gasteiger partial charge in [-0.25, -0.2) is 9.97 Å². The minimum atomic E-state index is 0.571. The van der Waals surface area contributed by atoms with Crippen LogP contribution in [-0.2, 0) is 6.54 Å². The molecule has 0 atom stereocenters. The number of benzene rings is 3. The van der Waals surface area contributed by atoms with Crippen molar-refractivity contribution in [1.29, 1.82) is 0 Å². The first-order valence-electron chi connectivity index (χ1n) is 17.2. The van der Waals surface area contributed by atoms with Crippen LogP contribution in [0.15, 0.2) is 91.4 Å². The number of piperazine rings is 1. The molecule has 7 rings (SSSR count). The number of ether oxygens (including phenoxy) is 1. The van der Waals surface area contributed by atoms with Gasteiger partial charge in [0.15, 0.2) is 0 Å². The normalized spacial score (nSPS) is 16.9. The fourth-order valence-electron chi connectivity index (χ4n) is 6.80. The van der Waals surface area contributed by atoms with E-state index in [0.29, 0.717) is 5.92 Å². The molecule has 2 aliphatic heterocycles. The molecule has 2 N–H and O–H groups in total. The van der Waals surface area contributed by atoms with E-state index in [0.717, 1.165) is 125 Å². The van der Waals surface area contributed by atoms with Crippen molar-refractivity contribution in [3.8, 4) is 5.75 Å². The third-order valence-electron chi connectivity index (χ3n) is 9.63. The van der Waals surface area contributed by atoms with Crippen LogP contribution >= 0.6 is 0 Å². The summed E-state index contributed by atoms with van der Waals surface area (Å²) in [5, 5.41) is 9.40. The molecule has 244 valence electrons. The molecule has 2 aliphatic rings. The summed E-state index contributed by atoms with van der Waals surface area (Å²) in [7, 11) is 0. The maximum atomic E-state index is 6.29. The zero-order valence-corrected chi connectivity index (χ0v) is 27.2. The average Bonchev–Trinajstić information content (AvgIpc) is 3.12. The Morgan fingerprint density at radius 3 is 2.26 bits per heavy atom. The summed E-state index contributed by atoms with van der Waals surface area (Å²) in [4.78, 5) is 21.2. The predicted molar refractivity (Wildman–Crippen MR) is 191 cm³/mol. The van der Waals surface area contributed by atoms with E-state index in [1.54, 1.807) is 6.33 Å². The number of nitrogens with one attached hydrogen (secondary N) is 2. The highest BCUT2D eigenvalue weighted by molar-refractivity contribution is 5.91. The Morgan fingerprint density at radius 1 is 0.660 bits per heavy atom. The minimum absolute atomic E-state index is 0.571. The average molecular weight is 631 g/mol. The van der Waals surface area contributed by atoms with Crippen LogP contribution < -0.4 is 15.4 Å². The molecular formula is C38H46N8O. The van der Waals surface area contributed by atoms with Gasteiger partial charge in [-0.2, -0.15) is 0 Å². The molecule has 5 aromatic rings. The highest BCUT2D eigenvalue weighted by Crippen LogP contribution is 2.26. The first-order valence-corrected chi connectivity index (χ1v) is 17.2. The predicted octanol–water partition coefficient (Wildman–Crippen LogP) is 5.61. The van der Waals surface area contributed by atoms with Crippen LogP contribution in [0.25, 0.3) is 21.8 Å². The van der Waals surface area contributed by atoms with Crippen LogP contribution in [0, 0.1) is 5.92 Å². The van der Waals surface area contributed by atoms with Gasteiger partial charge in [0.2, 0.25) is 0 Å². The number of anilines is 2. The Morgan fingerprint density at radius 2 is 1.40 bits per heavy atom. The number of likely N-dealkylation sites (tertiary alicyclic amines) is 1. The SMILES string of the molecule is c1ccc(CN2CCN(CCNc3ncnc4cc(OCC5CCN(CCNc6ccnc7ccccc67)CC5)ccc34)CC2)cc1. The second-order valence-electron chi connectivity index (χ2n) is 12.8. The number of nitrogens with zero attached hydrogens (tertiary/aromatic N) is 6. The van der Waals surface area contributed by atoms with Gasteiger partial charge >= 0.3 is 0 Å². The van der Waals surface area contributed by atoms with Crippen molar-refractivity contribution in [2.24, 2.45) is 5.92 Å². The Bertz CT molecular complexity index is 1710. The Labute approximate surface area is 278 Å². The van der Waals surface area contributed by atoms with Crippen molar-refractivity contribution < 1.29 is 4.74 Å². The van der Waals surface area contributed by atoms with Crippen molar-refractivity contribution in [3.63, 3.8) is 0 Å². The molecule has 2 saturated heterocycles. The lowest BCUT2D eigenvalue weighted by Crippen LogP contribution is -2.47. The maximum Gasteiger partial charge on any atom is 0.137 e. The third-order valence-corrected chi connectivity index (χ3v) is 9.63. The van der Waals surface area contributed by atoms with Gasteiger partial charge in [0, 0.05) is 87.6 Å². The number of hydrogen-bond acceptors (Lipinski definition) is 9. The molecule has 0 aliphatic carbocycles. The Balaban J connectivity index is 0.815. The Kier molecular flexibility index (Phi) is 10.3. The monoisotopic (exact) mass is 630 g/mol. The summed E-state index contributed by atoms with van der Waals surface area (Å²) in [6, 6.07) is 27.3. The number of aromatic nitrogens is 3. The molecule has 3 aromatic carbocycles. The fourth-order valence-corrected chi connectivity index (χ4v) is 6.80. The maximum absolute atomic E-state index is 6.29. The molecule has 0 saturated carbocycles. The Hall–Kier alpha value is -4.31. The van der Waals surface area contributed by atoms with Crippen LogP contribution in [0.5, 0.6) is 5.75 Å². The summed E-state index contributed by atoms with van der Waals surface area (Å²) >= 11 is 0. The van der Waals surface area contributed by atoms with Crippen molar-refractivity contribution in [1.82, 2.24) is 29.7 Å². The molecule has 0 spiro atoms. The largest absolute Gasteiger partial charge is 0.493 e. The second-order valence-corrected chi connectivity index (χ2v) is 12.8. The summed E-state index contributed by atoms with van der Waals surface area (Å²) in [5.41, 5.74) is 4.50. The van der Waals surface area contributed by atoms with Gasteiger partial charge in [-0.15, -0.1) is 0 Å². The van der Waals surface area contributed by atoms with Crippen molar-refractivity contribution >= 4 is 33.3 Å². The van der Waals surface area contributed by atoms with Crippen LogP contribution in [0.2, 0.25) is 0 Å². The van der Waals surface area contributed by atoms with Gasteiger partial charge in [-0.1, -0.05) is 48.5 Å². The highest BCUT2D eigenvalue weighted by atomic mass is 16.5. The van der Waals surface area contributed by atoms with E-state index in [9.17, 15) is 0 Å². The number of piperidine rings is 1. The fraction of sp³-hybridized carbons (Fsp3) is 0.395. The van der Waals surface area contributed by atoms with Crippen LogP contribution in [-0.4, -0.2) is 102 Å². The van der Waals surface area contributed by atoms with Crippen LogP contribution in [0.1, 0.15) is 18.4 Å². The van der Waals surface area contributed by atoms with Crippen molar-refractivity contribution in [3.05, 3.63) is 97.0 Å². The standard InChI is InChI=1S/C38H46N8O/c1-2-6-30(7-3-1)27-46-24-22-45(23-25-46)21-17-41-38-34-11-10-32(26-37(34)42-29-43-38)47-28-31-13-18-44(19-14-31)20-16-40-36-12-15-39-35-9-5-4-8-33(35)36/h1-12,15,26,29,31H,13-14,16-25,27-28H2,(H,39,40)(H,41,42,43). The van der Waals surface area contributed by atoms with E-state index in [-0.39, 0.29) is 0 Å². The smallest absolute Gasteiger partial charge is 0.137 e. The lowest BCUT2D eigenvalue weighted by atomic mass is 9.98. The minimum Gasteiger partial charge on any atom is -0.493 e. The first-order chi connectivity index (χ1) is 23.3. The van der Waals surface area contributed by atoms with Gasteiger partial charge in [0.1, 0.15) is 17.9 Å². The molecule has 0 amide bonds. The third kappa shape index (κ3) is 8.35. The molecule has 0 bridgehead atoms. The van der Waals surface area contributed by atoms with Crippen molar-refractivity contribution in [2.45, 2.75) is 19.4 Å². The van der Waals surface area contributed by atoms with E-state index < -0.39 is 0 Å². The van der Waals surface area contributed by atoms with Crippen LogP contribution in [0.4, 0.5) is 11.5 Å². The van der Waals surface area contributed by atoms with Gasteiger partial charge < -0.3 is 20.3 Å². The quantitative estimate of drug-likeness (QED) is 0.173. The number of para-hydroxylation sites is 1. The van der Waals surface area contributed by atoms with E-state index in [4.69, 9.17) is 4.74 Å². The molecule has 0 unspecified atom stereocenters. The van der Waals surface area contributed by atoms with E-state index >= 15 is 0 Å². The zero-order valence-electron chi connectivity index (χ0n) is 27.2. The first kappa shape index (κ1) is 31.3. The summed E-state index contributed by atoms with van der Waals surface area (Å²) in [5.74, 6) is 2.34. The summed E-state index contributed by atoms with van der Waals surface area (Å²) in [6.45, 7) is 12.2. The molecular weight excluding hydrogens is 584 g/mol. The summed E-state index contributed by atoms with van der Waals surface area (Å²) < 4.78 is 6.29. The number of hydrogen-bond donors (Lipinski definition) is 2. The molecule has 9 heteroatoms. The molecule has 9 nitrogen and oxygen atoms in total. The lowest BCUT2D eigenvalue weighted by molar-refractivity contribution is 0.130. The van der Waals surface area contributed by atoms with Crippen LogP contribution in [0.3, 0.4) is 0 Å². The van der Waals surface area contributed by atoms with E-state index in [2.05, 4.69) is 113 Å². The molecule has 0 radical (unpaired) electrons. The number of pyridine rings is 1. The van der Waals surface area contributed by atoms with E-state index in [1.807, 2.05) is 12.3 Å². The second kappa shape index (κ2) is 15.5. The van der Waals surface area contributed by atoms with Gasteiger partial charge in [0.05, 0.1) is 17.6 Å². The summed E-state index contributed by atoms with van der Waals surface area (Å²) in [6.07, 6.45) is 5.85. The molecule has 2 aromatic heterocycles. The van der Waals surface area contributed by atoms with Gasteiger partial charge in [0.25, 0.3) is 0 Å². The lowest BCUT2D eigenvalue weighted by Gasteiger charge is -2.34. The molecule has 4 heterocycles. The topological polar surface area (TPSA) is 81.7 Å². The van der Waals surface area contributed by atoms with Crippen molar-refractivity contribution in [2.75, 3.05) is 82.7 Å². The number of fused-ring (bicyclic) bond motifs is 2. The van der Waals surface area contributed by atoms with E-state index in [1.165, 1.54) is 10.9 Å².